The van der Waals surface area contributed by atoms with E-state index in [0.717, 1.165) is 6.54 Å². The van der Waals surface area contributed by atoms with Gasteiger partial charge in [-0.15, -0.1) is 0 Å². The van der Waals surface area contributed by atoms with Crippen LogP contribution in [-0.4, -0.2) is 4.98 Å². The monoisotopic (exact) mass is 226 g/mol. The molecule has 2 rings (SSSR count). The Morgan fingerprint density at radius 3 is 2.76 bits per heavy atom. The van der Waals surface area contributed by atoms with Crippen LogP contribution in [0.15, 0.2) is 48.8 Å². The van der Waals surface area contributed by atoms with Crippen molar-refractivity contribution in [3.63, 3.8) is 0 Å². The normalized spacial score (nSPS) is 10.5. The zero-order valence-electron chi connectivity index (χ0n) is 10.4. The second-order valence-electron chi connectivity index (χ2n) is 4.49. The fourth-order valence-corrected chi connectivity index (χ4v) is 1.71. The van der Waals surface area contributed by atoms with E-state index in [4.69, 9.17) is 0 Å². The fraction of sp³-hybridized carbons (Fsp3) is 0.267. The van der Waals surface area contributed by atoms with E-state index in [9.17, 15) is 0 Å². The molecule has 1 aromatic carbocycles. The molecule has 0 bridgehead atoms. The van der Waals surface area contributed by atoms with E-state index < -0.39 is 0 Å². The molecular weight excluding hydrogens is 208 g/mol. The molecule has 17 heavy (non-hydrogen) atoms. The van der Waals surface area contributed by atoms with Crippen molar-refractivity contribution >= 4 is 5.69 Å². The van der Waals surface area contributed by atoms with Crippen LogP contribution in [0.2, 0.25) is 0 Å². The average molecular weight is 226 g/mol. The Morgan fingerprint density at radius 2 is 2.06 bits per heavy atom. The minimum absolute atomic E-state index is 0.565. The zero-order valence-corrected chi connectivity index (χ0v) is 10.4. The molecule has 2 heteroatoms. The molecule has 2 nitrogen and oxygen atoms in total. The number of nitrogens with one attached hydrogen (secondary N) is 1. The summed E-state index contributed by atoms with van der Waals surface area (Å²) in [4.78, 5) is 4.10. The Bertz CT molecular complexity index is 463. The minimum atomic E-state index is 0.565. The summed E-state index contributed by atoms with van der Waals surface area (Å²) < 4.78 is 0. The van der Waals surface area contributed by atoms with E-state index in [-0.39, 0.29) is 0 Å². The smallest absolute Gasteiger partial charge is 0.0416 e. The Morgan fingerprint density at radius 1 is 1.18 bits per heavy atom. The average Bonchev–Trinajstić information content (AvgIpc) is 2.38. The van der Waals surface area contributed by atoms with Crippen molar-refractivity contribution < 1.29 is 0 Å². The standard InChI is InChI=1S/C15H18N2/c1-12(2)14-6-3-7-15(9-14)17-11-13-5-4-8-16-10-13/h3-10,12,17H,11H2,1-2H3. The minimum Gasteiger partial charge on any atom is -0.381 e. The first-order valence-corrected chi connectivity index (χ1v) is 5.98. The maximum Gasteiger partial charge on any atom is 0.0416 e. The molecule has 0 aliphatic heterocycles. The number of aromatic nitrogens is 1. The summed E-state index contributed by atoms with van der Waals surface area (Å²) in [6, 6.07) is 12.6. The highest BCUT2D eigenvalue weighted by atomic mass is 14.9. The highest BCUT2D eigenvalue weighted by Gasteiger charge is 2.00. The summed E-state index contributed by atoms with van der Waals surface area (Å²) in [5.74, 6) is 0.565. The van der Waals surface area contributed by atoms with Crippen molar-refractivity contribution in [3.05, 3.63) is 59.9 Å². The third kappa shape index (κ3) is 3.31. The molecule has 0 amide bonds. The molecule has 0 unspecified atom stereocenters. The molecule has 1 heterocycles. The van der Waals surface area contributed by atoms with Gasteiger partial charge in [0.25, 0.3) is 0 Å². The van der Waals surface area contributed by atoms with Gasteiger partial charge in [0, 0.05) is 24.6 Å². The van der Waals surface area contributed by atoms with Crippen molar-refractivity contribution in [1.82, 2.24) is 4.98 Å². The first-order valence-electron chi connectivity index (χ1n) is 5.98. The van der Waals surface area contributed by atoms with Gasteiger partial charge in [-0.3, -0.25) is 4.98 Å². The van der Waals surface area contributed by atoms with E-state index in [2.05, 4.69) is 54.5 Å². The number of nitrogens with zero attached hydrogens (tertiary/aromatic N) is 1. The third-order valence-electron chi connectivity index (χ3n) is 2.77. The molecule has 0 saturated carbocycles. The van der Waals surface area contributed by atoms with Gasteiger partial charge in [-0.1, -0.05) is 32.0 Å². The van der Waals surface area contributed by atoms with Gasteiger partial charge in [-0.2, -0.15) is 0 Å². The topological polar surface area (TPSA) is 24.9 Å². The van der Waals surface area contributed by atoms with Crippen LogP contribution in [0.3, 0.4) is 0 Å². The molecular formula is C15H18N2. The van der Waals surface area contributed by atoms with Crippen molar-refractivity contribution in [2.45, 2.75) is 26.3 Å². The maximum atomic E-state index is 4.10. The van der Waals surface area contributed by atoms with Gasteiger partial charge in [0.1, 0.15) is 0 Å². The lowest BCUT2D eigenvalue weighted by Crippen LogP contribution is -2.00. The zero-order chi connectivity index (χ0) is 12.1. The molecule has 1 N–H and O–H groups in total. The van der Waals surface area contributed by atoms with E-state index in [1.165, 1.54) is 16.8 Å². The summed E-state index contributed by atoms with van der Waals surface area (Å²) in [7, 11) is 0. The van der Waals surface area contributed by atoms with Gasteiger partial charge in [-0.05, 0) is 35.2 Å². The number of hydrogen-bond acceptors (Lipinski definition) is 2. The molecule has 0 radical (unpaired) electrons. The van der Waals surface area contributed by atoms with E-state index >= 15 is 0 Å². The molecule has 0 spiro atoms. The predicted octanol–water partition coefficient (Wildman–Crippen LogP) is 3.82. The van der Waals surface area contributed by atoms with Crippen LogP contribution in [0.5, 0.6) is 0 Å². The molecule has 0 fully saturated rings. The summed E-state index contributed by atoms with van der Waals surface area (Å²) in [6.45, 7) is 5.23. The van der Waals surface area contributed by atoms with Crippen LogP contribution in [0.4, 0.5) is 5.69 Å². The van der Waals surface area contributed by atoms with Crippen LogP contribution in [-0.2, 0) is 6.54 Å². The van der Waals surface area contributed by atoms with Gasteiger partial charge < -0.3 is 5.32 Å². The molecule has 2 aromatic rings. The van der Waals surface area contributed by atoms with Gasteiger partial charge in [0.2, 0.25) is 0 Å². The highest BCUT2D eigenvalue weighted by molar-refractivity contribution is 5.46. The first kappa shape index (κ1) is 11.6. The van der Waals surface area contributed by atoms with Gasteiger partial charge >= 0.3 is 0 Å². The molecule has 0 atom stereocenters. The number of rotatable bonds is 4. The molecule has 88 valence electrons. The van der Waals surface area contributed by atoms with E-state index in [1.54, 1.807) is 6.20 Å². The largest absolute Gasteiger partial charge is 0.381 e. The van der Waals surface area contributed by atoms with E-state index in [0.29, 0.717) is 5.92 Å². The predicted molar refractivity (Wildman–Crippen MR) is 72.1 cm³/mol. The molecule has 0 aliphatic rings. The fourth-order valence-electron chi connectivity index (χ4n) is 1.71. The first-order chi connectivity index (χ1) is 8.25. The summed E-state index contributed by atoms with van der Waals surface area (Å²) in [5, 5.41) is 3.42. The van der Waals surface area contributed by atoms with Crippen LogP contribution >= 0.6 is 0 Å². The van der Waals surface area contributed by atoms with Crippen molar-refractivity contribution in [2.24, 2.45) is 0 Å². The Hall–Kier alpha value is -1.83. The Labute approximate surface area is 103 Å². The van der Waals surface area contributed by atoms with E-state index in [1.807, 2.05) is 12.3 Å². The summed E-state index contributed by atoms with van der Waals surface area (Å²) in [5.41, 5.74) is 3.73. The SMILES string of the molecule is CC(C)c1cccc(NCc2cccnc2)c1. The lowest BCUT2D eigenvalue weighted by Gasteiger charge is -2.10. The lowest BCUT2D eigenvalue weighted by molar-refractivity contribution is 0.866. The Balaban J connectivity index is 2.02. The van der Waals surface area contributed by atoms with Gasteiger partial charge in [0.15, 0.2) is 0 Å². The number of pyridine rings is 1. The van der Waals surface area contributed by atoms with Crippen molar-refractivity contribution in [1.29, 1.82) is 0 Å². The Kier molecular flexibility index (Phi) is 3.76. The third-order valence-corrected chi connectivity index (χ3v) is 2.77. The molecule has 0 saturated heterocycles. The number of hydrogen-bond donors (Lipinski definition) is 1. The summed E-state index contributed by atoms with van der Waals surface area (Å²) >= 11 is 0. The number of benzene rings is 1. The quantitative estimate of drug-likeness (QED) is 0.857. The highest BCUT2D eigenvalue weighted by Crippen LogP contribution is 2.18. The second-order valence-corrected chi connectivity index (χ2v) is 4.49. The molecule has 0 aliphatic carbocycles. The van der Waals surface area contributed by atoms with Crippen molar-refractivity contribution in [2.75, 3.05) is 5.32 Å². The lowest BCUT2D eigenvalue weighted by atomic mass is 10.0. The van der Waals surface area contributed by atoms with Crippen LogP contribution in [0, 0.1) is 0 Å². The van der Waals surface area contributed by atoms with Crippen LogP contribution in [0.25, 0.3) is 0 Å². The maximum absolute atomic E-state index is 4.10. The van der Waals surface area contributed by atoms with Crippen molar-refractivity contribution in [3.8, 4) is 0 Å². The van der Waals surface area contributed by atoms with Crippen LogP contribution < -0.4 is 5.32 Å². The van der Waals surface area contributed by atoms with Gasteiger partial charge in [0.05, 0.1) is 0 Å². The second kappa shape index (κ2) is 5.48. The van der Waals surface area contributed by atoms with Crippen LogP contribution in [0.1, 0.15) is 30.9 Å². The van der Waals surface area contributed by atoms with Gasteiger partial charge in [-0.25, -0.2) is 0 Å². The summed E-state index contributed by atoms with van der Waals surface area (Å²) in [6.07, 6.45) is 3.68. The molecule has 1 aromatic heterocycles. The number of anilines is 1.